The molecule has 9 nitrogen and oxygen atoms in total. The Balaban J connectivity index is 1.44. The van der Waals surface area contributed by atoms with Gasteiger partial charge in [0.25, 0.3) is 0 Å². The van der Waals surface area contributed by atoms with E-state index in [9.17, 15) is 19.2 Å². The summed E-state index contributed by atoms with van der Waals surface area (Å²) in [6.07, 6.45) is -0.894. The smallest absolute Gasteiger partial charge is 0.408 e. The minimum absolute atomic E-state index is 0.00514. The lowest BCUT2D eigenvalue weighted by Gasteiger charge is -2.18. The lowest BCUT2D eigenvalue weighted by Crippen LogP contribution is -2.43. The molecule has 0 aliphatic heterocycles. The number of esters is 2. The van der Waals surface area contributed by atoms with Crippen LogP contribution in [0, 0.1) is 0 Å². The minimum atomic E-state index is -1.10. The predicted octanol–water partition coefficient (Wildman–Crippen LogP) is 4.05. The molecular weight excluding hydrogens is 500 g/mol. The lowest BCUT2D eigenvalue weighted by atomic mass is 10.1. The monoisotopic (exact) mass is 532 g/mol. The van der Waals surface area contributed by atoms with Gasteiger partial charge < -0.3 is 24.8 Å². The summed E-state index contributed by atoms with van der Waals surface area (Å²) in [5, 5.41) is 5.12. The summed E-state index contributed by atoms with van der Waals surface area (Å²) in [6, 6.07) is 26.4. The third-order valence-electron chi connectivity index (χ3n) is 5.57. The van der Waals surface area contributed by atoms with Crippen molar-refractivity contribution >= 4 is 23.9 Å². The van der Waals surface area contributed by atoms with Gasteiger partial charge in [0, 0.05) is 13.0 Å². The minimum Gasteiger partial charge on any atom is -0.461 e. The zero-order chi connectivity index (χ0) is 27.7. The number of hydrogen-bond donors (Lipinski definition) is 2. The zero-order valence-corrected chi connectivity index (χ0v) is 21.5. The Hall–Kier alpha value is -4.66. The summed E-state index contributed by atoms with van der Waals surface area (Å²) in [7, 11) is 0. The Morgan fingerprint density at radius 1 is 0.615 bits per heavy atom. The van der Waals surface area contributed by atoms with Crippen LogP contribution < -0.4 is 10.6 Å². The molecule has 0 saturated heterocycles. The fourth-order valence-corrected chi connectivity index (χ4v) is 3.46. The maximum Gasteiger partial charge on any atom is 0.408 e. The molecule has 9 heteroatoms. The van der Waals surface area contributed by atoms with Crippen molar-refractivity contribution in [3.8, 4) is 0 Å². The number of carbonyl (C=O) groups is 4. The number of rotatable bonds is 14. The van der Waals surface area contributed by atoms with Gasteiger partial charge in [-0.15, -0.1) is 0 Å². The second-order valence-corrected chi connectivity index (χ2v) is 8.64. The van der Waals surface area contributed by atoms with E-state index in [1.165, 1.54) is 0 Å². The first-order chi connectivity index (χ1) is 19.0. The Kier molecular flexibility index (Phi) is 12.0. The van der Waals surface area contributed by atoms with E-state index in [0.29, 0.717) is 0 Å². The normalized spacial score (nSPS) is 11.1. The molecule has 0 heterocycles. The molecule has 0 radical (unpaired) electrons. The van der Waals surface area contributed by atoms with E-state index in [1.54, 1.807) is 12.1 Å². The van der Waals surface area contributed by atoms with E-state index in [1.807, 2.05) is 78.9 Å². The molecule has 3 aromatic rings. The molecule has 0 aromatic heterocycles. The molecule has 3 aromatic carbocycles. The second kappa shape index (κ2) is 16.2. The van der Waals surface area contributed by atoms with Gasteiger partial charge in [0.15, 0.2) is 0 Å². The summed E-state index contributed by atoms with van der Waals surface area (Å²) < 4.78 is 15.8. The van der Waals surface area contributed by atoms with Gasteiger partial charge in [-0.1, -0.05) is 91.0 Å². The van der Waals surface area contributed by atoms with E-state index in [0.717, 1.165) is 16.7 Å². The third kappa shape index (κ3) is 11.5. The zero-order valence-electron chi connectivity index (χ0n) is 21.5. The molecule has 0 fully saturated rings. The average Bonchev–Trinajstić information content (AvgIpc) is 2.97. The molecule has 0 unspecified atom stereocenters. The first kappa shape index (κ1) is 28.9. The van der Waals surface area contributed by atoms with Crippen LogP contribution in [0.3, 0.4) is 0 Å². The maximum absolute atomic E-state index is 12.7. The Morgan fingerprint density at radius 2 is 1.10 bits per heavy atom. The van der Waals surface area contributed by atoms with Crippen LogP contribution in [0.2, 0.25) is 0 Å². The number of benzene rings is 3. The summed E-state index contributed by atoms with van der Waals surface area (Å²) >= 11 is 0. The van der Waals surface area contributed by atoms with E-state index in [2.05, 4.69) is 10.6 Å². The molecular formula is C30H32N2O7. The van der Waals surface area contributed by atoms with Crippen molar-refractivity contribution < 1.29 is 33.4 Å². The standard InChI is InChI=1S/C30H32N2O7/c33-27(31-19-18-28(34)37-20-23-10-4-1-5-11-23)17-16-26(29(35)38-21-24-12-6-2-7-13-24)32-30(36)39-22-25-14-8-3-9-15-25/h1-15,26H,16-22H2,(H,31,33)(H,32,36)/t26-/m0/s1. The van der Waals surface area contributed by atoms with Gasteiger partial charge in [-0.25, -0.2) is 9.59 Å². The molecule has 0 saturated carbocycles. The highest BCUT2D eigenvalue weighted by Crippen LogP contribution is 2.07. The number of hydrogen-bond acceptors (Lipinski definition) is 7. The number of nitrogens with one attached hydrogen (secondary N) is 2. The fourth-order valence-electron chi connectivity index (χ4n) is 3.46. The summed E-state index contributed by atoms with van der Waals surface area (Å²) in [4.78, 5) is 49.4. The van der Waals surface area contributed by atoms with Crippen LogP contribution in [-0.2, 0) is 48.4 Å². The predicted molar refractivity (Wildman–Crippen MR) is 143 cm³/mol. The third-order valence-corrected chi connectivity index (χ3v) is 5.57. The highest BCUT2D eigenvalue weighted by molar-refractivity contribution is 5.83. The van der Waals surface area contributed by atoms with Crippen LogP contribution in [-0.4, -0.2) is 36.5 Å². The van der Waals surface area contributed by atoms with Gasteiger partial charge in [-0.2, -0.15) is 0 Å². The first-order valence-electron chi connectivity index (χ1n) is 12.6. The fraction of sp³-hybridized carbons (Fsp3) is 0.267. The molecule has 2 amide bonds. The molecule has 0 bridgehead atoms. The Morgan fingerprint density at radius 3 is 1.64 bits per heavy atom. The summed E-state index contributed by atoms with van der Waals surface area (Å²) in [6.45, 7) is 0.294. The van der Waals surface area contributed by atoms with Gasteiger partial charge in [-0.05, 0) is 23.1 Å². The van der Waals surface area contributed by atoms with Crippen LogP contribution in [0.25, 0.3) is 0 Å². The highest BCUT2D eigenvalue weighted by atomic mass is 16.6. The van der Waals surface area contributed by atoms with Crippen molar-refractivity contribution in [2.45, 2.75) is 45.1 Å². The van der Waals surface area contributed by atoms with Gasteiger partial charge in [0.05, 0.1) is 6.42 Å². The second-order valence-electron chi connectivity index (χ2n) is 8.64. The SMILES string of the molecule is O=C(CC[C@H](NC(=O)OCc1ccccc1)C(=O)OCc1ccccc1)NCCC(=O)OCc1ccccc1. The van der Waals surface area contributed by atoms with E-state index >= 15 is 0 Å². The molecule has 204 valence electrons. The molecule has 0 aliphatic rings. The summed E-state index contributed by atoms with van der Waals surface area (Å²) in [5.74, 6) is -1.51. The number of amides is 2. The van der Waals surface area contributed by atoms with Crippen molar-refractivity contribution in [2.75, 3.05) is 6.54 Å². The summed E-state index contributed by atoms with van der Waals surface area (Å²) in [5.41, 5.74) is 2.44. The van der Waals surface area contributed by atoms with Crippen LogP contribution >= 0.6 is 0 Å². The number of alkyl carbamates (subject to hydrolysis) is 1. The molecule has 2 N–H and O–H groups in total. The Bertz CT molecular complexity index is 1190. The van der Waals surface area contributed by atoms with Crippen LogP contribution in [0.4, 0.5) is 4.79 Å². The average molecular weight is 533 g/mol. The highest BCUT2D eigenvalue weighted by Gasteiger charge is 2.24. The van der Waals surface area contributed by atoms with E-state index < -0.39 is 24.1 Å². The van der Waals surface area contributed by atoms with Crippen molar-refractivity contribution in [3.63, 3.8) is 0 Å². The quantitative estimate of drug-likeness (QED) is 0.237. The molecule has 0 spiro atoms. The first-order valence-corrected chi connectivity index (χ1v) is 12.6. The topological polar surface area (TPSA) is 120 Å². The van der Waals surface area contributed by atoms with Crippen molar-refractivity contribution in [3.05, 3.63) is 108 Å². The van der Waals surface area contributed by atoms with E-state index in [-0.39, 0.29) is 51.5 Å². The van der Waals surface area contributed by atoms with Crippen LogP contribution in [0.1, 0.15) is 36.0 Å². The van der Waals surface area contributed by atoms with Crippen molar-refractivity contribution in [2.24, 2.45) is 0 Å². The molecule has 1 atom stereocenters. The molecule has 0 aliphatic carbocycles. The van der Waals surface area contributed by atoms with Crippen molar-refractivity contribution in [1.29, 1.82) is 0 Å². The number of carbonyl (C=O) groups excluding carboxylic acids is 4. The number of ether oxygens (including phenoxy) is 3. The molecule has 39 heavy (non-hydrogen) atoms. The van der Waals surface area contributed by atoms with E-state index in [4.69, 9.17) is 14.2 Å². The largest absolute Gasteiger partial charge is 0.461 e. The van der Waals surface area contributed by atoms with Gasteiger partial charge in [0.1, 0.15) is 25.9 Å². The van der Waals surface area contributed by atoms with Crippen molar-refractivity contribution in [1.82, 2.24) is 10.6 Å². The van der Waals surface area contributed by atoms with Gasteiger partial charge in [0.2, 0.25) is 5.91 Å². The van der Waals surface area contributed by atoms with Gasteiger partial charge in [-0.3, -0.25) is 9.59 Å². The lowest BCUT2D eigenvalue weighted by molar-refractivity contribution is -0.147. The van der Waals surface area contributed by atoms with Crippen LogP contribution in [0.5, 0.6) is 0 Å². The maximum atomic E-state index is 12.7. The molecule has 3 rings (SSSR count). The van der Waals surface area contributed by atoms with Crippen LogP contribution in [0.15, 0.2) is 91.0 Å². The van der Waals surface area contributed by atoms with Gasteiger partial charge >= 0.3 is 18.0 Å². The Labute approximate surface area is 227 Å².